The molecule has 3 rings (SSSR count). The Morgan fingerprint density at radius 2 is 1.57 bits per heavy atom. The van der Waals surface area contributed by atoms with E-state index in [9.17, 15) is 9.59 Å². The van der Waals surface area contributed by atoms with Gasteiger partial charge in [0.05, 0.1) is 5.69 Å². The van der Waals surface area contributed by atoms with Crippen LogP contribution >= 0.6 is 0 Å². The molecule has 0 saturated heterocycles. The van der Waals surface area contributed by atoms with Crippen LogP contribution in [0.15, 0.2) is 71.5 Å². The number of hydrogen-bond acceptors (Lipinski definition) is 2. The number of aromatic nitrogens is 2. The smallest absolute Gasteiger partial charge is 0.306 e. The van der Waals surface area contributed by atoms with Gasteiger partial charge in [0.1, 0.15) is 0 Å². The molecule has 0 aliphatic heterocycles. The molecule has 2 N–H and O–H groups in total. The summed E-state index contributed by atoms with van der Waals surface area (Å²) in [6.45, 7) is 0. The van der Waals surface area contributed by atoms with Gasteiger partial charge in [0.2, 0.25) is 0 Å². The molecule has 5 heteroatoms. The van der Waals surface area contributed by atoms with Gasteiger partial charge < -0.3 is 5.32 Å². The highest BCUT2D eigenvalue weighted by Crippen LogP contribution is 2.14. The Morgan fingerprint density at radius 1 is 0.952 bits per heavy atom. The lowest BCUT2D eigenvalue weighted by molar-refractivity contribution is 0.250. The summed E-state index contributed by atoms with van der Waals surface area (Å²) in [5.74, 6) is 0. The molecule has 5 nitrogen and oxygen atoms in total. The lowest BCUT2D eigenvalue weighted by Gasteiger charge is -2.04. The van der Waals surface area contributed by atoms with Crippen molar-refractivity contribution in [3.05, 3.63) is 77.1 Å². The maximum atomic E-state index is 12.1. The number of para-hydroxylation sites is 1. The highest BCUT2D eigenvalue weighted by atomic mass is 16.2. The number of aromatic amines is 1. The van der Waals surface area contributed by atoms with Crippen molar-refractivity contribution in [2.24, 2.45) is 0 Å². The topological polar surface area (TPSA) is 66.9 Å². The summed E-state index contributed by atoms with van der Waals surface area (Å²) in [7, 11) is 0. The van der Waals surface area contributed by atoms with E-state index in [0.717, 1.165) is 10.2 Å². The van der Waals surface area contributed by atoms with Crippen molar-refractivity contribution in [1.29, 1.82) is 0 Å². The fourth-order valence-electron chi connectivity index (χ4n) is 2.01. The third-order valence-electron chi connectivity index (χ3n) is 3.03. The number of anilines is 1. The Balaban J connectivity index is 1.88. The van der Waals surface area contributed by atoms with Crippen LogP contribution in [0.2, 0.25) is 0 Å². The van der Waals surface area contributed by atoms with E-state index >= 15 is 0 Å². The SMILES string of the molecule is O=C(Nc1ccccc1)n1[nH]c(-c2ccccc2)cc1=O. The van der Waals surface area contributed by atoms with Gasteiger partial charge >= 0.3 is 6.03 Å². The van der Waals surface area contributed by atoms with Crippen LogP contribution in [0.4, 0.5) is 10.5 Å². The molecular weight excluding hydrogens is 266 g/mol. The average Bonchev–Trinajstić information content (AvgIpc) is 2.91. The van der Waals surface area contributed by atoms with Crippen molar-refractivity contribution in [3.8, 4) is 11.3 Å². The minimum absolute atomic E-state index is 0.401. The first-order chi connectivity index (χ1) is 10.2. The highest BCUT2D eigenvalue weighted by molar-refractivity contribution is 5.90. The van der Waals surface area contributed by atoms with Crippen LogP contribution in [0.25, 0.3) is 11.3 Å². The Kier molecular flexibility index (Phi) is 3.39. The van der Waals surface area contributed by atoms with Crippen LogP contribution in [0.5, 0.6) is 0 Å². The predicted octanol–water partition coefficient (Wildman–Crippen LogP) is 2.92. The number of benzene rings is 2. The molecule has 0 aliphatic rings. The zero-order valence-electron chi connectivity index (χ0n) is 11.1. The first kappa shape index (κ1) is 12.9. The predicted molar refractivity (Wildman–Crippen MR) is 81.3 cm³/mol. The minimum atomic E-state index is -0.520. The van der Waals surface area contributed by atoms with E-state index in [1.165, 1.54) is 6.07 Å². The van der Waals surface area contributed by atoms with Crippen molar-refractivity contribution < 1.29 is 4.79 Å². The van der Waals surface area contributed by atoms with E-state index in [-0.39, 0.29) is 0 Å². The number of carbonyl (C=O) groups excluding carboxylic acids is 1. The van der Waals surface area contributed by atoms with Gasteiger partial charge in [-0.25, -0.2) is 4.79 Å². The Labute approximate surface area is 120 Å². The van der Waals surface area contributed by atoms with E-state index in [0.29, 0.717) is 11.4 Å². The van der Waals surface area contributed by atoms with Crippen LogP contribution in [0.3, 0.4) is 0 Å². The quantitative estimate of drug-likeness (QED) is 0.757. The normalized spacial score (nSPS) is 10.3. The Bertz CT molecular complexity index is 804. The van der Waals surface area contributed by atoms with Gasteiger partial charge in [0, 0.05) is 11.8 Å². The summed E-state index contributed by atoms with van der Waals surface area (Å²) < 4.78 is 0.954. The van der Waals surface area contributed by atoms with Crippen LogP contribution in [0.1, 0.15) is 0 Å². The molecule has 0 unspecified atom stereocenters. The average molecular weight is 279 g/mol. The number of amides is 1. The second-order valence-corrected chi connectivity index (χ2v) is 4.51. The zero-order valence-corrected chi connectivity index (χ0v) is 11.1. The summed E-state index contributed by atoms with van der Waals surface area (Å²) in [4.78, 5) is 24.0. The van der Waals surface area contributed by atoms with E-state index < -0.39 is 11.6 Å². The maximum Gasteiger partial charge on any atom is 0.348 e. The van der Waals surface area contributed by atoms with E-state index in [4.69, 9.17) is 0 Å². The van der Waals surface area contributed by atoms with Gasteiger partial charge in [-0.1, -0.05) is 48.5 Å². The zero-order chi connectivity index (χ0) is 14.7. The van der Waals surface area contributed by atoms with E-state index in [1.54, 1.807) is 12.1 Å². The van der Waals surface area contributed by atoms with E-state index in [1.807, 2.05) is 48.5 Å². The van der Waals surface area contributed by atoms with Crippen molar-refractivity contribution in [3.63, 3.8) is 0 Å². The molecule has 0 spiro atoms. The standard InChI is InChI=1S/C16H13N3O2/c20-15-11-14(12-7-3-1-4-8-12)18-19(15)16(21)17-13-9-5-2-6-10-13/h1-11,18H,(H,17,21). The molecule has 0 aliphatic carbocycles. The Morgan fingerprint density at radius 3 is 2.24 bits per heavy atom. The molecule has 0 radical (unpaired) electrons. The summed E-state index contributed by atoms with van der Waals surface area (Å²) >= 11 is 0. The Hall–Kier alpha value is -3.08. The molecule has 1 amide bonds. The fourth-order valence-corrected chi connectivity index (χ4v) is 2.01. The second-order valence-electron chi connectivity index (χ2n) is 4.51. The molecule has 3 aromatic rings. The molecule has 0 saturated carbocycles. The number of nitrogens with one attached hydrogen (secondary N) is 2. The first-order valence-electron chi connectivity index (χ1n) is 6.48. The monoisotopic (exact) mass is 279 g/mol. The first-order valence-corrected chi connectivity index (χ1v) is 6.48. The number of rotatable bonds is 2. The lowest BCUT2D eigenvalue weighted by atomic mass is 10.2. The van der Waals surface area contributed by atoms with E-state index in [2.05, 4.69) is 10.4 Å². The van der Waals surface area contributed by atoms with Crippen molar-refractivity contribution in [1.82, 2.24) is 9.78 Å². The molecule has 104 valence electrons. The van der Waals surface area contributed by atoms with Gasteiger partial charge in [0.15, 0.2) is 0 Å². The maximum absolute atomic E-state index is 12.1. The lowest BCUT2D eigenvalue weighted by Crippen LogP contribution is -2.29. The number of H-pyrrole nitrogens is 1. The molecule has 0 bridgehead atoms. The van der Waals surface area contributed by atoms with Crippen LogP contribution < -0.4 is 10.9 Å². The highest BCUT2D eigenvalue weighted by Gasteiger charge is 2.11. The largest absolute Gasteiger partial charge is 0.348 e. The molecular formula is C16H13N3O2. The number of carbonyl (C=O) groups is 1. The molecule has 1 heterocycles. The van der Waals surface area contributed by atoms with Gasteiger partial charge in [-0.3, -0.25) is 9.89 Å². The van der Waals surface area contributed by atoms with Crippen molar-refractivity contribution in [2.45, 2.75) is 0 Å². The van der Waals surface area contributed by atoms with Gasteiger partial charge in [-0.15, -0.1) is 0 Å². The molecule has 0 atom stereocenters. The molecule has 0 fully saturated rings. The van der Waals surface area contributed by atoms with Crippen LogP contribution in [0, 0.1) is 0 Å². The third-order valence-corrected chi connectivity index (χ3v) is 3.03. The summed E-state index contributed by atoms with van der Waals surface area (Å²) in [6, 6.07) is 19.2. The van der Waals surface area contributed by atoms with Crippen molar-refractivity contribution >= 4 is 11.7 Å². The minimum Gasteiger partial charge on any atom is -0.306 e. The third kappa shape index (κ3) is 2.76. The second kappa shape index (κ2) is 5.50. The summed E-state index contributed by atoms with van der Waals surface area (Å²) in [5, 5.41) is 5.47. The summed E-state index contributed by atoms with van der Waals surface area (Å²) in [5.41, 5.74) is 1.68. The molecule has 1 aromatic heterocycles. The van der Waals surface area contributed by atoms with Crippen LogP contribution in [-0.4, -0.2) is 15.8 Å². The van der Waals surface area contributed by atoms with Crippen molar-refractivity contribution in [2.75, 3.05) is 5.32 Å². The fraction of sp³-hybridized carbons (Fsp3) is 0. The van der Waals surface area contributed by atoms with Gasteiger partial charge in [0.25, 0.3) is 5.56 Å². The molecule has 21 heavy (non-hydrogen) atoms. The number of nitrogens with zero attached hydrogens (tertiary/aromatic N) is 1. The van der Waals surface area contributed by atoms with Gasteiger partial charge in [-0.2, -0.15) is 4.68 Å². The number of hydrogen-bond donors (Lipinski definition) is 2. The van der Waals surface area contributed by atoms with Crippen LogP contribution in [-0.2, 0) is 0 Å². The van der Waals surface area contributed by atoms with Gasteiger partial charge in [-0.05, 0) is 17.7 Å². The summed E-state index contributed by atoms with van der Waals surface area (Å²) in [6.07, 6.45) is 0. The molecule has 2 aromatic carbocycles.